The lowest BCUT2D eigenvalue weighted by Gasteiger charge is -2.34. The Morgan fingerprint density at radius 2 is 1.92 bits per heavy atom. The lowest BCUT2D eigenvalue weighted by molar-refractivity contribution is 0.0462. The zero-order valence-corrected chi connectivity index (χ0v) is 16.0. The summed E-state index contributed by atoms with van der Waals surface area (Å²) in [6.45, 7) is 7.79. The number of halogens is 2. The molecule has 138 valence electrons. The van der Waals surface area contributed by atoms with Crippen molar-refractivity contribution in [3.05, 3.63) is 10.9 Å². The summed E-state index contributed by atoms with van der Waals surface area (Å²) in [5.41, 5.74) is 0. The average molecular weight is 389 g/mol. The molecule has 0 atom stereocenters. The summed E-state index contributed by atoms with van der Waals surface area (Å²) in [5.74, 6) is -0.0173. The molecular formula is C16H22F2N4OS2. The van der Waals surface area contributed by atoms with Gasteiger partial charge in [0.15, 0.2) is 5.13 Å². The van der Waals surface area contributed by atoms with E-state index < -0.39 is 6.43 Å². The predicted molar refractivity (Wildman–Crippen MR) is 99.4 cm³/mol. The number of hydrogen-bond acceptors (Lipinski definition) is 6. The Morgan fingerprint density at radius 3 is 2.48 bits per heavy atom. The van der Waals surface area contributed by atoms with Gasteiger partial charge < -0.3 is 9.80 Å². The first-order chi connectivity index (χ1) is 12.0. The predicted octanol–water partition coefficient (Wildman–Crippen LogP) is 3.23. The number of alkyl halides is 2. The highest BCUT2D eigenvalue weighted by molar-refractivity contribution is 7.29. The number of anilines is 1. The maximum atomic E-state index is 12.7. The number of aromatic nitrogens is 1. The van der Waals surface area contributed by atoms with Crippen molar-refractivity contribution in [2.45, 2.75) is 20.3 Å². The van der Waals surface area contributed by atoms with Crippen LogP contribution < -0.4 is 4.90 Å². The van der Waals surface area contributed by atoms with E-state index in [4.69, 9.17) is 0 Å². The van der Waals surface area contributed by atoms with Crippen LogP contribution in [0.2, 0.25) is 0 Å². The number of hydrogen-bond donors (Lipinski definition) is 0. The minimum absolute atomic E-state index is 0.0173. The molecule has 1 aliphatic heterocycles. The van der Waals surface area contributed by atoms with Crippen molar-refractivity contribution in [3.63, 3.8) is 0 Å². The van der Waals surface area contributed by atoms with Gasteiger partial charge in [-0.15, -0.1) is 11.3 Å². The summed E-state index contributed by atoms with van der Waals surface area (Å²) < 4.78 is 25.9. The maximum absolute atomic E-state index is 12.7. The van der Waals surface area contributed by atoms with Crippen LogP contribution in [0.3, 0.4) is 0 Å². The van der Waals surface area contributed by atoms with E-state index in [0.717, 1.165) is 27.8 Å². The first-order valence-corrected chi connectivity index (χ1v) is 10.1. The van der Waals surface area contributed by atoms with Gasteiger partial charge in [-0.25, -0.2) is 13.8 Å². The van der Waals surface area contributed by atoms with Crippen LogP contribution >= 0.6 is 22.7 Å². The smallest absolute Gasteiger partial charge is 0.264 e. The summed E-state index contributed by atoms with van der Waals surface area (Å²) in [5, 5.41) is 0.992. The molecule has 0 aromatic carbocycles. The molecule has 9 heteroatoms. The van der Waals surface area contributed by atoms with Crippen molar-refractivity contribution in [3.8, 4) is 0 Å². The molecule has 0 N–H and O–H groups in total. The van der Waals surface area contributed by atoms with E-state index in [9.17, 15) is 13.6 Å². The second-order valence-corrected chi connectivity index (χ2v) is 7.97. The second kappa shape index (κ2) is 7.92. The second-order valence-electron chi connectivity index (χ2n) is 5.93. The van der Waals surface area contributed by atoms with Gasteiger partial charge in [-0.3, -0.25) is 9.69 Å². The van der Waals surface area contributed by atoms with E-state index in [0.29, 0.717) is 31.1 Å². The Balaban J connectivity index is 1.66. The largest absolute Gasteiger partial charge is 0.349 e. The number of piperazine rings is 1. The first-order valence-electron chi connectivity index (χ1n) is 8.46. The van der Waals surface area contributed by atoms with Gasteiger partial charge in [-0.2, -0.15) is 0 Å². The number of carbonyl (C=O) groups excluding carboxylic acids is 1. The van der Waals surface area contributed by atoms with Crippen LogP contribution in [0.15, 0.2) is 6.07 Å². The van der Waals surface area contributed by atoms with Crippen molar-refractivity contribution in [1.29, 1.82) is 0 Å². The fourth-order valence-electron chi connectivity index (χ4n) is 2.94. The molecule has 5 nitrogen and oxygen atoms in total. The van der Waals surface area contributed by atoms with E-state index in [1.165, 1.54) is 11.3 Å². The fourth-order valence-corrected chi connectivity index (χ4v) is 5.25. The van der Waals surface area contributed by atoms with Gasteiger partial charge in [-0.05, 0) is 19.9 Å². The molecular weight excluding hydrogens is 366 g/mol. The standard InChI is InChI=1S/C16H22F2N4OS2/c1-3-21(4-2)16-19-14-11(25-16)9-12(24-14)15(23)22-7-5-20(6-8-22)10-13(17)18/h9,13H,3-8,10H2,1-2H3. The quantitative estimate of drug-likeness (QED) is 0.762. The number of thiazole rings is 1. The van der Waals surface area contributed by atoms with Crippen molar-refractivity contribution in [2.24, 2.45) is 0 Å². The lowest BCUT2D eigenvalue weighted by atomic mass is 10.3. The van der Waals surface area contributed by atoms with E-state index in [2.05, 4.69) is 23.7 Å². The van der Waals surface area contributed by atoms with Crippen LogP contribution in [0.5, 0.6) is 0 Å². The molecule has 2 aromatic rings. The molecule has 25 heavy (non-hydrogen) atoms. The Hall–Kier alpha value is -1.32. The van der Waals surface area contributed by atoms with Crippen molar-refractivity contribution >= 4 is 43.2 Å². The molecule has 0 spiro atoms. The van der Waals surface area contributed by atoms with Crippen LogP contribution in [-0.4, -0.2) is 72.9 Å². The number of amides is 1. The molecule has 1 amide bonds. The summed E-state index contributed by atoms with van der Waals surface area (Å²) >= 11 is 3.03. The van der Waals surface area contributed by atoms with Crippen LogP contribution in [0.25, 0.3) is 9.53 Å². The normalized spacial score (nSPS) is 16.1. The Morgan fingerprint density at radius 1 is 1.24 bits per heavy atom. The first kappa shape index (κ1) is 18.5. The van der Waals surface area contributed by atoms with Gasteiger partial charge in [0.25, 0.3) is 12.3 Å². The number of fused-ring (bicyclic) bond motifs is 1. The summed E-state index contributed by atoms with van der Waals surface area (Å²) in [7, 11) is 0. The summed E-state index contributed by atoms with van der Waals surface area (Å²) in [6, 6.07) is 1.92. The van der Waals surface area contributed by atoms with Crippen LogP contribution in [0.4, 0.5) is 13.9 Å². The minimum Gasteiger partial charge on any atom is -0.349 e. The maximum Gasteiger partial charge on any atom is 0.264 e. The minimum atomic E-state index is -2.32. The summed E-state index contributed by atoms with van der Waals surface area (Å²) in [4.78, 5) is 24.5. The zero-order chi connectivity index (χ0) is 18.0. The molecule has 1 aliphatic rings. The van der Waals surface area contributed by atoms with Crippen LogP contribution in [0.1, 0.15) is 23.5 Å². The Labute approximate surface area is 153 Å². The molecule has 0 bridgehead atoms. The number of carbonyl (C=O) groups is 1. The topological polar surface area (TPSA) is 39.7 Å². The van der Waals surface area contributed by atoms with Crippen LogP contribution in [-0.2, 0) is 0 Å². The van der Waals surface area contributed by atoms with Crippen molar-refractivity contribution in [1.82, 2.24) is 14.8 Å². The third kappa shape index (κ3) is 4.09. The van der Waals surface area contributed by atoms with Gasteiger partial charge in [-0.1, -0.05) is 11.3 Å². The highest BCUT2D eigenvalue weighted by Crippen LogP contribution is 2.35. The Kier molecular flexibility index (Phi) is 5.85. The number of rotatable bonds is 6. The van der Waals surface area contributed by atoms with E-state index in [-0.39, 0.29) is 12.5 Å². The van der Waals surface area contributed by atoms with E-state index in [1.54, 1.807) is 21.1 Å². The fraction of sp³-hybridized carbons (Fsp3) is 0.625. The molecule has 3 rings (SSSR count). The van der Waals surface area contributed by atoms with Gasteiger partial charge >= 0.3 is 0 Å². The third-order valence-electron chi connectivity index (χ3n) is 4.38. The van der Waals surface area contributed by atoms with Gasteiger partial charge in [0.1, 0.15) is 4.83 Å². The monoisotopic (exact) mass is 388 g/mol. The molecule has 1 fully saturated rings. The molecule has 1 saturated heterocycles. The highest BCUT2D eigenvalue weighted by Gasteiger charge is 2.25. The molecule has 0 saturated carbocycles. The van der Waals surface area contributed by atoms with E-state index in [1.807, 2.05) is 6.07 Å². The molecule has 2 aromatic heterocycles. The molecule has 0 aliphatic carbocycles. The molecule has 0 unspecified atom stereocenters. The Bertz CT molecular complexity index is 689. The van der Waals surface area contributed by atoms with Crippen molar-refractivity contribution < 1.29 is 13.6 Å². The van der Waals surface area contributed by atoms with Gasteiger partial charge in [0, 0.05) is 39.3 Å². The highest BCUT2D eigenvalue weighted by atomic mass is 32.1. The number of thiophene rings is 1. The molecule has 0 radical (unpaired) electrons. The third-order valence-corrected chi connectivity index (χ3v) is 6.59. The van der Waals surface area contributed by atoms with Crippen LogP contribution in [0, 0.1) is 0 Å². The SMILES string of the molecule is CCN(CC)c1nc2sc(C(=O)N3CCN(CC(F)F)CC3)cc2s1. The average Bonchev–Trinajstić information content (AvgIpc) is 3.14. The van der Waals surface area contributed by atoms with Crippen molar-refractivity contribution in [2.75, 3.05) is 50.7 Å². The van der Waals surface area contributed by atoms with Gasteiger partial charge in [0.2, 0.25) is 0 Å². The lowest BCUT2D eigenvalue weighted by Crippen LogP contribution is -2.49. The van der Waals surface area contributed by atoms with Gasteiger partial charge in [0.05, 0.1) is 16.1 Å². The zero-order valence-electron chi connectivity index (χ0n) is 14.4. The molecule has 3 heterocycles. The number of nitrogens with zero attached hydrogens (tertiary/aromatic N) is 4. The van der Waals surface area contributed by atoms with E-state index >= 15 is 0 Å². The summed E-state index contributed by atoms with van der Waals surface area (Å²) in [6.07, 6.45) is -2.32.